The zero-order valence-electron chi connectivity index (χ0n) is 11.8. The van der Waals surface area contributed by atoms with Gasteiger partial charge in [-0.3, -0.25) is 14.5 Å². The number of carbonyl (C=O) groups is 2. The second-order valence-corrected chi connectivity index (χ2v) is 5.11. The van der Waals surface area contributed by atoms with Crippen molar-refractivity contribution in [1.82, 2.24) is 4.90 Å². The van der Waals surface area contributed by atoms with E-state index in [0.717, 1.165) is 5.56 Å². The maximum absolute atomic E-state index is 12.1. The first-order valence-corrected chi connectivity index (χ1v) is 6.68. The lowest BCUT2D eigenvalue weighted by Crippen LogP contribution is -2.40. The molecule has 0 radical (unpaired) electrons. The van der Waals surface area contributed by atoms with E-state index in [1.165, 1.54) is 0 Å². The number of hydrogen-bond donors (Lipinski definition) is 2. The molecule has 0 bridgehead atoms. The van der Waals surface area contributed by atoms with E-state index in [4.69, 9.17) is 16.7 Å². The Morgan fingerprint density at radius 2 is 2.10 bits per heavy atom. The van der Waals surface area contributed by atoms with Crippen LogP contribution in [0.4, 0.5) is 5.69 Å². The van der Waals surface area contributed by atoms with Gasteiger partial charge in [0.25, 0.3) is 0 Å². The topological polar surface area (TPSA) is 69.6 Å². The highest BCUT2D eigenvalue weighted by molar-refractivity contribution is 6.31. The molecule has 0 fully saturated rings. The number of amides is 1. The average Bonchev–Trinajstić information content (AvgIpc) is 2.40. The van der Waals surface area contributed by atoms with Crippen molar-refractivity contribution in [2.75, 3.05) is 18.9 Å². The van der Waals surface area contributed by atoms with Crippen LogP contribution in [0.3, 0.4) is 0 Å². The Labute approximate surface area is 123 Å². The Kier molecular flexibility index (Phi) is 5.98. The number of likely N-dealkylation sites (N-methyl/N-ethyl adjacent to an activating group) is 1. The van der Waals surface area contributed by atoms with E-state index in [9.17, 15) is 9.59 Å². The Morgan fingerprint density at radius 1 is 1.45 bits per heavy atom. The van der Waals surface area contributed by atoms with Crippen LogP contribution in [0.5, 0.6) is 0 Å². The fourth-order valence-electron chi connectivity index (χ4n) is 1.65. The van der Waals surface area contributed by atoms with Gasteiger partial charge in [-0.15, -0.1) is 0 Å². The Morgan fingerprint density at radius 3 is 2.70 bits per heavy atom. The quantitative estimate of drug-likeness (QED) is 0.846. The molecule has 0 saturated heterocycles. The van der Waals surface area contributed by atoms with Crippen molar-refractivity contribution in [3.05, 3.63) is 28.8 Å². The van der Waals surface area contributed by atoms with Gasteiger partial charge >= 0.3 is 5.97 Å². The summed E-state index contributed by atoms with van der Waals surface area (Å²) in [7, 11) is 1.72. The summed E-state index contributed by atoms with van der Waals surface area (Å²) in [5.41, 5.74) is 1.48. The molecule has 1 aromatic carbocycles. The predicted molar refractivity (Wildman–Crippen MR) is 79.2 cm³/mol. The Bertz CT molecular complexity index is 505. The van der Waals surface area contributed by atoms with Crippen LogP contribution in [0, 0.1) is 6.92 Å². The van der Waals surface area contributed by atoms with Crippen molar-refractivity contribution >= 4 is 29.2 Å². The van der Waals surface area contributed by atoms with E-state index < -0.39 is 12.0 Å². The number of nitrogens with zero attached hydrogens (tertiary/aromatic N) is 1. The van der Waals surface area contributed by atoms with E-state index in [1.807, 2.05) is 6.92 Å². The zero-order chi connectivity index (χ0) is 15.3. The van der Waals surface area contributed by atoms with Crippen LogP contribution in [0.25, 0.3) is 0 Å². The van der Waals surface area contributed by atoms with Crippen molar-refractivity contribution in [2.24, 2.45) is 0 Å². The van der Waals surface area contributed by atoms with Crippen molar-refractivity contribution in [3.8, 4) is 0 Å². The summed E-state index contributed by atoms with van der Waals surface area (Å²) in [5.74, 6) is -1.07. The third-order valence-corrected chi connectivity index (χ3v) is 3.65. The molecule has 6 heteroatoms. The van der Waals surface area contributed by atoms with Gasteiger partial charge in [-0.1, -0.05) is 17.7 Å². The van der Waals surface area contributed by atoms with Gasteiger partial charge < -0.3 is 10.4 Å². The van der Waals surface area contributed by atoms with Gasteiger partial charge in [-0.2, -0.15) is 0 Å². The van der Waals surface area contributed by atoms with Gasteiger partial charge in [0.15, 0.2) is 0 Å². The molecule has 20 heavy (non-hydrogen) atoms. The first kappa shape index (κ1) is 16.5. The highest BCUT2D eigenvalue weighted by Gasteiger charge is 2.19. The van der Waals surface area contributed by atoms with Gasteiger partial charge in [0, 0.05) is 17.3 Å². The van der Waals surface area contributed by atoms with Gasteiger partial charge in [0.1, 0.15) is 0 Å². The average molecular weight is 299 g/mol. The molecule has 0 saturated carbocycles. The maximum atomic E-state index is 12.1. The zero-order valence-corrected chi connectivity index (χ0v) is 12.6. The van der Waals surface area contributed by atoms with Crippen LogP contribution in [0.2, 0.25) is 5.02 Å². The molecule has 1 unspecified atom stereocenters. The summed E-state index contributed by atoms with van der Waals surface area (Å²) in [6, 6.07) is 4.88. The summed E-state index contributed by atoms with van der Waals surface area (Å²) in [6.45, 7) is 3.88. The summed E-state index contributed by atoms with van der Waals surface area (Å²) in [5, 5.41) is 12.0. The van der Waals surface area contributed by atoms with E-state index in [0.29, 0.717) is 17.3 Å². The number of benzene rings is 1. The number of hydrogen-bond acceptors (Lipinski definition) is 3. The van der Waals surface area contributed by atoms with Crippen LogP contribution in [0.1, 0.15) is 18.9 Å². The van der Waals surface area contributed by atoms with Crippen LogP contribution < -0.4 is 5.32 Å². The smallest absolute Gasteiger partial charge is 0.304 e. The summed E-state index contributed by atoms with van der Waals surface area (Å²) < 4.78 is 0. The lowest BCUT2D eigenvalue weighted by molar-refractivity contribution is -0.137. The lowest BCUT2D eigenvalue weighted by atomic mass is 10.2. The fraction of sp³-hybridized carbons (Fsp3) is 0.429. The standard InChI is InChI=1S/C14H19ClN2O3/c1-9-11(15)5-4-6-12(9)16-14(20)10(2)17(3)8-7-13(18)19/h4-6,10H,7-8H2,1-3H3,(H,16,20)(H,18,19). The normalized spacial score (nSPS) is 12.2. The number of carboxylic acids is 1. The minimum Gasteiger partial charge on any atom is -0.481 e. The van der Waals surface area contributed by atoms with E-state index >= 15 is 0 Å². The molecule has 0 aliphatic heterocycles. The molecule has 0 aliphatic rings. The summed E-state index contributed by atoms with van der Waals surface area (Å²) in [4.78, 5) is 24.3. The van der Waals surface area contributed by atoms with Crippen molar-refractivity contribution in [2.45, 2.75) is 26.3 Å². The molecule has 1 rings (SSSR count). The van der Waals surface area contributed by atoms with Crippen LogP contribution in [-0.4, -0.2) is 41.5 Å². The molecule has 0 aromatic heterocycles. The van der Waals surface area contributed by atoms with E-state index in [2.05, 4.69) is 5.32 Å². The second kappa shape index (κ2) is 7.26. The van der Waals surface area contributed by atoms with Gasteiger partial charge in [0.05, 0.1) is 12.5 Å². The molecule has 0 heterocycles. The van der Waals surface area contributed by atoms with Crippen LogP contribution >= 0.6 is 11.6 Å². The fourth-order valence-corrected chi connectivity index (χ4v) is 1.82. The second-order valence-electron chi connectivity index (χ2n) is 4.70. The molecular formula is C14H19ClN2O3. The van der Waals surface area contributed by atoms with Gasteiger partial charge in [-0.05, 0) is 38.6 Å². The molecule has 110 valence electrons. The molecule has 5 nitrogen and oxygen atoms in total. The number of nitrogens with one attached hydrogen (secondary N) is 1. The highest BCUT2D eigenvalue weighted by Crippen LogP contribution is 2.23. The molecule has 1 amide bonds. The number of halogens is 1. The molecule has 1 atom stereocenters. The van der Waals surface area contributed by atoms with Crippen molar-refractivity contribution < 1.29 is 14.7 Å². The number of aliphatic carboxylic acids is 1. The highest BCUT2D eigenvalue weighted by atomic mass is 35.5. The van der Waals surface area contributed by atoms with Crippen LogP contribution in [0.15, 0.2) is 18.2 Å². The molecular weight excluding hydrogens is 280 g/mol. The van der Waals surface area contributed by atoms with Gasteiger partial charge in [0.2, 0.25) is 5.91 Å². The maximum Gasteiger partial charge on any atom is 0.304 e. The Hall–Kier alpha value is -1.59. The van der Waals surface area contributed by atoms with Crippen molar-refractivity contribution in [3.63, 3.8) is 0 Å². The van der Waals surface area contributed by atoms with Crippen LogP contribution in [-0.2, 0) is 9.59 Å². The third-order valence-electron chi connectivity index (χ3n) is 3.24. The monoisotopic (exact) mass is 298 g/mol. The number of carboxylic acid groups (broad SMARTS) is 1. The largest absolute Gasteiger partial charge is 0.481 e. The first-order chi connectivity index (χ1) is 9.32. The molecule has 0 spiro atoms. The summed E-state index contributed by atoms with van der Waals surface area (Å²) >= 11 is 6.00. The molecule has 2 N–H and O–H groups in total. The molecule has 0 aliphatic carbocycles. The van der Waals surface area contributed by atoms with E-state index in [-0.39, 0.29) is 12.3 Å². The Balaban J connectivity index is 2.65. The number of anilines is 1. The number of rotatable bonds is 6. The number of carbonyl (C=O) groups excluding carboxylic acids is 1. The minimum atomic E-state index is -0.879. The third kappa shape index (κ3) is 4.51. The van der Waals surface area contributed by atoms with Crippen molar-refractivity contribution in [1.29, 1.82) is 0 Å². The minimum absolute atomic E-state index is 0.00428. The lowest BCUT2D eigenvalue weighted by Gasteiger charge is -2.23. The SMILES string of the molecule is Cc1c(Cl)cccc1NC(=O)C(C)N(C)CCC(=O)O. The van der Waals surface area contributed by atoms with E-state index in [1.54, 1.807) is 37.1 Å². The van der Waals surface area contributed by atoms with Gasteiger partial charge in [-0.25, -0.2) is 0 Å². The first-order valence-electron chi connectivity index (χ1n) is 6.31. The summed E-state index contributed by atoms with van der Waals surface area (Å²) in [6.07, 6.45) is 0.00428. The molecule has 1 aromatic rings. The predicted octanol–water partition coefficient (Wildman–Crippen LogP) is 2.38.